The van der Waals surface area contributed by atoms with Crippen molar-refractivity contribution in [3.05, 3.63) is 51.1 Å². The number of thiocarbonyl (C=S) groups is 1. The predicted octanol–water partition coefficient (Wildman–Crippen LogP) is 4.56. The molecule has 2 unspecified atom stereocenters. The second-order valence-corrected chi connectivity index (χ2v) is 9.13. The average molecular weight is 468 g/mol. The van der Waals surface area contributed by atoms with Crippen LogP contribution < -0.4 is 10.6 Å². The Balaban J connectivity index is 1.65. The molecule has 0 spiro atoms. The van der Waals surface area contributed by atoms with Crippen molar-refractivity contribution in [3.8, 4) is 0 Å². The Morgan fingerprint density at radius 1 is 1.19 bits per heavy atom. The molecule has 1 aromatic heterocycles. The molecule has 2 aromatic rings. The first-order valence-corrected chi connectivity index (χ1v) is 11.5. The molecule has 3 rings (SSSR count). The molecule has 0 bridgehead atoms. The summed E-state index contributed by atoms with van der Waals surface area (Å²) in [6, 6.07) is 13.0. The van der Waals surface area contributed by atoms with Gasteiger partial charge in [0.25, 0.3) is 0 Å². The molecule has 0 amide bonds. The number of piperazine rings is 1. The van der Waals surface area contributed by atoms with E-state index < -0.39 is 0 Å². The fourth-order valence-corrected chi connectivity index (χ4v) is 5.08. The van der Waals surface area contributed by atoms with E-state index in [1.165, 1.54) is 4.88 Å². The van der Waals surface area contributed by atoms with Crippen LogP contribution in [0.25, 0.3) is 0 Å². The number of anilines is 1. The summed E-state index contributed by atoms with van der Waals surface area (Å²) in [6.45, 7) is 10.0. The van der Waals surface area contributed by atoms with E-state index in [0.717, 1.165) is 42.9 Å². The van der Waals surface area contributed by atoms with Crippen molar-refractivity contribution in [3.63, 3.8) is 0 Å². The summed E-state index contributed by atoms with van der Waals surface area (Å²) in [5.74, 6) is 0. The monoisotopic (exact) mass is 466 g/mol. The van der Waals surface area contributed by atoms with Crippen molar-refractivity contribution in [1.29, 1.82) is 0 Å². The first-order chi connectivity index (χ1) is 13.1. The van der Waals surface area contributed by atoms with Crippen LogP contribution in [-0.4, -0.2) is 53.7 Å². The van der Waals surface area contributed by atoms with Crippen LogP contribution in [0.5, 0.6) is 0 Å². The van der Waals surface area contributed by atoms with Crippen molar-refractivity contribution in [2.75, 3.05) is 38.0 Å². The lowest BCUT2D eigenvalue weighted by atomic mass is 10.1. The minimum absolute atomic E-state index is 0.215. The molecule has 4 nitrogen and oxygen atoms in total. The Kier molecular flexibility index (Phi) is 7.66. The highest BCUT2D eigenvalue weighted by atomic mass is 79.9. The fourth-order valence-electron chi connectivity index (χ4n) is 3.55. The molecule has 27 heavy (non-hydrogen) atoms. The van der Waals surface area contributed by atoms with Gasteiger partial charge in [-0.1, -0.05) is 28.9 Å². The van der Waals surface area contributed by atoms with Crippen LogP contribution in [-0.2, 0) is 0 Å². The Morgan fingerprint density at radius 2 is 1.89 bits per heavy atom. The van der Waals surface area contributed by atoms with Gasteiger partial charge in [0.15, 0.2) is 5.11 Å². The van der Waals surface area contributed by atoms with E-state index >= 15 is 0 Å². The standard InChI is InChI=1S/C20H27BrN4S2/c1-3-24-10-12-25(13-11-24)19(18-5-4-14-27-18)15(2)22-20(26)23-17-8-6-16(21)7-9-17/h4-9,14-15,19H,3,10-13H2,1-2H3,(H2,22,23,26). The largest absolute Gasteiger partial charge is 0.358 e. The summed E-state index contributed by atoms with van der Waals surface area (Å²) in [5.41, 5.74) is 0.993. The summed E-state index contributed by atoms with van der Waals surface area (Å²) in [6.07, 6.45) is 0. The van der Waals surface area contributed by atoms with Gasteiger partial charge in [-0.25, -0.2) is 0 Å². The van der Waals surface area contributed by atoms with E-state index in [9.17, 15) is 0 Å². The van der Waals surface area contributed by atoms with Gasteiger partial charge in [-0.2, -0.15) is 0 Å². The lowest BCUT2D eigenvalue weighted by molar-refractivity contribution is 0.0883. The second kappa shape index (κ2) is 9.98. The average Bonchev–Trinajstić information content (AvgIpc) is 3.18. The zero-order valence-corrected chi connectivity index (χ0v) is 19.0. The molecule has 0 radical (unpaired) electrons. The lowest BCUT2D eigenvalue weighted by Gasteiger charge is -2.41. The minimum atomic E-state index is 0.215. The van der Waals surface area contributed by atoms with Gasteiger partial charge in [-0.3, -0.25) is 4.90 Å². The summed E-state index contributed by atoms with van der Waals surface area (Å²) in [4.78, 5) is 6.50. The molecular weight excluding hydrogens is 440 g/mol. The van der Waals surface area contributed by atoms with Crippen molar-refractivity contribution in [2.24, 2.45) is 0 Å². The molecule has 1 aromatic carbocycles. The predicted molar refractivity (Wildman–Crippen MR) is 124 cm³/mol. The van der Waals surface area contributed by atoms with Gasteiger partial charge in [-0.05, 0) is 61.4 Å². The summed E-state index contributed by atoms with van der Waals surface area (Å²) < 4.78 is 1.06. The Hall–Kier alpha value is -0.990. The molecule has 1 aliphatic rings. The Labute approximate surface area is 180 Å². The van der Waals surface area contributed by atoms with Crippen LogP contribution in [0.3, 0.4) is 0 Å². The topological polar surface area (TPSA) is 30.5 Å². The maximum Gasteiger partial charge on any atom is 0.171 e. The molecule has 7 heteroatoms. The highest BCUT2D eigenvalue weighted by molar-refractivity contribution is 9.10. The van der Waals surface area contributed by atoms with E-state index in [-0.39, 0.29) is 6.04 Å². The third-order valence-electron chi connectivity index (χ3n) is 5.02. The zero-order chi connectivity index (χ0) is 19.2. The zero-order valence-electron chi connectivity index (χ0n) is 15.8. The number of benzene rings is 1. The maximum atomic E-state index is 5.58. The Morgan fingerprint density at radius 3 is 2.48 bits per heavy atom. The van der Waals surface area contributed by atoms with E-state index in [0.29, 0.717) is 11.2 Å². The van der Waals surface area contributed by atoms with E-state index in [1.54, 1.807) is 0 Å². The molecule has 1 saturated heterocycles. The van der Waals surface area contributed by atoms with Crippen LogP contribution in [0.4, 0.5) is 5.69 Å². The summed E-state index contributed by atoms with van der Waals surface area (Å²) in [7, 11) is 0. The number of rotatable bonds is 6. The van der Waals surface area contributed by atoms with Gasteiger partial charge in [0.2, 0.25) is 0 Å². The number of thiophene rings is 1. The first-order valence-electron chi connectivity index (χ1n) is 9.39. The Bertz CT molecular complexity index is 712. The third kappa shape index (κ3) is 5.74. The van der Waals surface area contributed by atoms with Gasteiger partial charge in [0.05, 0.1) is 6.04 Å². The van der Waals surface area contributed by atoms with E-state index in [1.807, 2.05) is 35.6 Å². The molecule has 2 heterocycles. The highest BCUT2D eigenvalue weighted by Crippen LogP contribution is 2.29. The molecule has 1 aliphatic heterocycles. The van der Waals surface area contributed by atoms with E-state index in [4.69, 9.17) is 12.2 Å². The molecule has 2 N–H and O–H groups in total. The fraction of sp³-hybridized carbons (Fsp3) is 0.450. The van der Waals surface area contributed by atoms with Gasteiger partial charge >= 0.3 is 0 Å². The van der Waals surface area contributed by atoms with Crippen molar-refractivity contribution < 1.29 is 0 Å². The van der Waals surface area contributed by atoms with Gasteiger partial charge < -0.3 is 15.5 Å². The van der Waals surface area contributed by atoms with Crippen LogP contribution >= 0.6 is 39.5 Å². The number of hydrogen-bond acceptors (Lipinski definition) is 4. The summed E-state index contributed by atoms with van der Waals surface area (Å²) >= 11 is 10.9. The minimum Gasteiger partial charge on any atom is -0.358 e. The molecule has 146 valence electrons. The van der Waals surface area contributed by atoms with Crippen LogP contribution in [0.1, 0.15) is 24.8 Å². The number of halogens is 1. The second-order valence-electron chi connectivity index (χ2n) is 6.82. The number of nitrogens with zero attached hydrogens (tertiary/aromatic N) is 2. The third-order valence-corrected chi connectivity index (χ3v) is 6.71. The van der Waals surface area contributed by atoms with Crippen LogP contribution in [0, 0.1) is 0 Å². The van der Waals surface area contributed by atoms with Crippen LogP contribution in [0.15, 0.2) is 46.3 Å². The quantitative estimate of drug-likeness (QED) is 0.609. The first kappa shape index (κ1) is 20.7. The highest BCUT2D eigenvalue weighted by Gasteiger charge is 2.30. The SMILES string of the molecule is CCN1CCN(C(c2cccs2)C(C)NC(=S)Nc2ccc(Br)cc2)CC1. The molecule has 0 saturated carbocycles. The molecular formula is C20H27BrN4S2. The van der Waals surface area contributed by atoms with E-state index in [2.05, 4.69) is 67.7 Å². The molecule has 1 fully saturated rings. The molecule has 0 aliphatic carbocycles. The van der Waals surface area contributed by atoms with Crippen molar-refractivity contribution in [2.45, 2.75) is 25.9 Å². The van der Waals surface area contributed by atoms with Crippen LogP contribution in [0.2, 0.25) is 0 Å². The lowest BCUT2D eigenvalue weighted by Crippen LogP contribution is -2.52. The van der Waals surface area contributed by atoms with Gasteiger partial charge in [0, 0.05) is 47.3 Å². The number of nitrogens with one attached hydrogen (secondary N) is 2. The van der Waals surface area contributed by atoms with Gasteiger partial charge in [0.1, 0.15) is 0 Å². The number of likely N-dealkylation sites (N-methyl/N-ethyl adjacent to an activating group) is 1. The summed E-state index contributed by atoms with van der Waals surface area (Å²) in [5, 5.41) is 9.64. The molecule has 2 atom stereocenters. The van der Waals surface area contributed by atoms with Gasteiger partial charge in [-0.15, -0.1) is 11.3 Å². The maximum absolute atomic E-state index is 5.58. The van der Waals surface area contributed by atoms with Crippen molar-refractivity contribution >= 4 is 50.3 Å². The number of hydrogen-bond donors (Lipinski definition) is 2. The normalized spacial score (nSPS) is 18.0. The smallest absolute Gasteiger partial charge is 0.171 e. The van der Waals surface area contributed by atoms with Crippen molar-refractivity contribution in [1.82, 2.24) is 15.1 Å².